The summed E-state index contributed by atoms with van der Waals surface area (Å²) in [5.74, 6) is 0.905. The number of hydrogen-bond acceptors (Lipinski definition) is 6. The van der Waals surface area contributed by atoms with Crippen molar-refractivity contribution in [3.8, 4) is 0 Å². The lowest BCUT2D eigenvalue weighted by atomic mass is 9.96. The quantitative estimate of drug-likeness (QED) is 0.684. The zero-order chi connectivity index (χ0) is 19.2. The van der Waals surface area contributed by atoms with Gasteiger partial charge < -0.3 is 26.0 Å². The Hall–Kier alpha value is -2.51. The lowest BCUT2D eigenvalue weighted by Gasteiger charge is -2.32. The van der Waals surface area contributed by atoms with Gasteiger partial charge in [0.25, 0.3) is 0 Å². The van der Waals surface area contributed by atoms with Crippen molar-refractivity contribution >= 4 is 23.5 Å². The third-order valence-corrected chi connectivity index (χ3v) is 4.05. The van der Waals surface area contributed by atoms with Crippen LogP contribution in [-0.2, 0) is 9.53 Å². The van der Waals surface area contributed by atoms with E-state index in [9.17, 15) is 9.59 Å². The number of alkyl carbamates (subject to hydrolysis) is 1. The van der Waals surface area contributed by atoms with Crippen molar-refractivity contribution in [2.24, 2.45) is 5.92 Å². The third kappa shape index (κ3) is 6.42. The van der Waals surface area contributed by atoms with Crippen molar-refractivity contribution in [3.63, 3.8) is 0 Å². The first-order valence-electron chi connectivity index (χ1n) is 8.95. The number of pyridine rings is 1. The fourth-order valence-corrected chi connectivity index (χ4v) is 2.76. The van der Waals surface area contributed by atoms with Crippen LogP contribution in [0.1, 0.15) is 33.6 Å². The second kappa shape index (κ2) is 8.73. The Bertz CT molecular complexity index is 604. The molecule has 0 spiro atoms. The maximum atomic E-state index is 12.3. The molecule has 8 nitrogen and oxygen atoms in total. The molecule has 0 bridgehead atoms. The largest absolute Gasteiger partial charge is 0.444 e. The highest BCUT2D eigenvalue weighted by molar-refractivity contribution is 5.79. The zero-order valence-electron chi connectivity index (χ0n) is 15.7. The Balaban J connectivity index is 1.65. The minimum atomic E-state index is -0.527. The van der Waals surface area contributed by atoms with Crippen molar-refractivity contribution in [2.45, 2.75) is 39.2 Å². The number of nitrogens with one attached hydrogen (secondary N) is 2. The molecule has 0 unspecified atom stereocenters. The number of hydrogen-bond donors (Lipinski definition) is 3. The fourth-order valence-electron chi connectivity index (χ4n) is 2.76. The molecule has 0 aromatic carbocycles. The Labute approximate surface area is 154 Å². The molecule has 2 rings (SSSR count). The molecule has 144 valence electrons. The van der Waals surface area contributed by atoms with E-state index in [4.69, 9.17) is 10.5 Å². The first kappa shape index (κ1) is 19.8. The van der Waals surface area contributed by atoms with E-state index in [1.807, 2.05) is 12.1 Å². The summed E-state index contributed by atoms with van der Waals surface area (Å²) < 4.78 is 5.14. The minimum absolute atomic E-state index is 0.0124. The molecule has 1 saturated heterocycles. The van der Waals surface area contributed by atoms with Gasteiger partial charge in [-0.15, -0.1) is 0 Å². The smallest absolute Gasteiger partial charge is 0.407 e. The molecule has 2 amide bonds. The number of nitrogen functional groups attached to an aromatic ring is 1. The lowest BCUT2D eigenvalue weighted by molar-refractivity contribution is -0.125. The minimum Gasteiger partial charge on any atom is -0.444 e. The topological polar surface area (TPSA) is 110 Å². The van der Waals surface area contributed by atoms with Gasteiger partial charge in [-0.1, -0.05) is 0 Å². The van der Waals surface area contributed by atoms with Crippen molar-refractivity contribution in [1.82, 2.24) is 15.6 Å². The van der Waals surface area contributed by atoms with Gasteiger partial charge in [0.15, 0.2) is 0 Å². The Morgan fingerprint density at radius 2 is 1.88 bits per heavy atom. The second-order valence-electron chi connectivity index (χ2n) is 7.43. The summed E-state index contributed by atoms with van der Waals surface area (Å²) >= 11 is 0. The number of amides is 2. The molecule has 0 aliphatic carbocycles. The molecule has 0 saturated carbocycles. The highest BCUT2D eigenvalue weighted by Crippen LogP contribution is 2.22. The van der Waals surface area contributed by atoms with Gasteiger partial charge in [0.1, 0.15) is 11.4 Å². The van der Waals surface area contributed by atoms with E-state index in [2.05, 4.69) is 20.5 Å². The van der Waals surface area contributed by atoms with Crippen LogP contribution in [0.15, 0.2) is 18.3 Å². The molecule has 4 N–H and O–H groups in total. The number of carbonyl (C=O) groups excluding carboxylic acids is 2. The zero-order valence-corrected chi connectivity index (χ0v) is 15.7. The highest BCUT2D eigenvalue weighted by Gasteiger charge is 2.25. The summed E-state index contributed by atoms with van der Waals surface area (Å²) in [5, 5.41) is 5.50. The first-order chi connectivity index (χ1) is 12.2. The van der Waals surface area contributed by atoms with Crippen molar-refractivity contribution in [2.75, 3.05) is 36.8 Å². The number of anilines is 2. The van der Waals surface area contributed by atoms with Gasteiger partial charge in [0.05, 0.1) is 11.9 Å². The van der Waals surface area contributed by atoms with Crippen LogP contribution in [0.4, 0.5) is 16.3 Å². The molecule has 1 aliphatic heterocycles. The Morgan fingerprint density at radius 1 is 1.23 bits per heavy atom. The predicted molar refractivity (Wildman–Crippen MR) is 101 cm³/mol. The van der Waals surface area contributed by atoms with Gasteiger partial charge in [-0.2, -0.15) is 0 Å². The van der Waals surface area contributed by atoms with Crippen LogP contribution in [-0.4, -0.2) is 48.8 Å². The standard InChI is InChI=1S/C18H29N5O3/c1-18(2,3)26-17(25)21-9-8-20-16(24)13-6-10-23(11-7-13)15-5-4-14(19)12-22-15/h4-5,12-13H,6-11,19H2,1-3H3,(H,20,24)(H,21,25). The van der Waals surface area contributed by atoms with Crippen molar-refractivity contribution in [3.05, 3.63) is 18.3 Å². The van der Waals surface area contributed by atoms with Gasteiger partial charge in [-0.05, 0) is 45.7 Å². The first-order valence-corrected chi connectivity index (χ1v) is 8.95. The molecule has 0 atom stereocenters. The summed E-state index contributed by atoms with van der Waals surface area (Å²) in [6.45, 7) is 7.71. The number of aromatic nitrogens is 1. The normalized spacial score (nSPS) is 15.4. The van der Waals surface area contributed by atoms with Crippen LogP contribution in [0, 0.1) is 5.92 Å². The van der Waals surface area contributed by atoms with Crippen LogP contribution < -0.4 is 21.3 Å². The van der Waals surface area contributed by atoms with E-state index in [0.29, 0.717) is 18.8 Å². The molecule has 1 fully saturated rings. The van der Waals surface area contributed by atoms with Crippen LogP contribution in [0.2, 0.25) is 0 Å². The predicted octanol–water partition coefficient (Wildman–Crippen LogP) is 1.52. The van der Waals surface area contributed by atoms with Crippen molar-refractivity contribution in [1.29, 1.82) is 0 Å². The number of nitrogens with two attached hydrogens (primary N) is 1. The van der Waals surface area contributed by atoms with Crippen molar-refractivity contribution < 1.29 is 14.3 Å². The molecule has 1 aromatic rings. The van der Waals surface area contributed by atoms with E-state index < -0.39 is 11.7 Å². The van der Waals surface area contributed by atoms with E-state index in [1.165, 1.54) is 0 Å². The summed E-state index contributed by atoms with van der Waals surface area (Å²) in [7, 11) is 0. The second-order valence-corrected chi connectivity index (χ2v) is 7.43. The number of carbonyl (C=O) groups is 2. The summed E-state index contributed by atoms with van der Waals surface area (Å²) in [6.07, 6.45) is 2.72. The summed E-state index contributed by atoms with van der Waals surface area (Å²) in [4.78, 5) is 30.3. The van der Waals surface area contributed by atoms with E-state index in [1.54, 1.807) is 27.0 Å². The highest BCUT2D eigenvalue weighted by atomic mass is 16.6. The monoisotopic (exact) mass is 363 g/mol. The molecule has 26 heavy (non-hydrogen) atoms. The van der Waals surface area contributed by atoms with Gasteiger partial charge in [-0.3, -0.25) is 4.79 Å². The van der Waals surface area contributed by atoms with Crippen LogP contribution >= 0.6 is 0 Å². The van der Waals surface area contributed by atoms with E-state index >= 15 is 0 Å². The van der Waals surface area contributed by atoms with E-state index in [-0.39, 0.29) is 11.8 Å². The molecular weight excluding hydrogens is 334 g/mol. The maximum Gasteiger partial charge on any atom is 0.407 e. The molecule has 0 radical (unpaired) electrons. The molecular formula is C18H29N5O3. The van der Waals surface area contributed by atoms with Crippen LogP contribution in [0.5, 0.6) is 0 Å². The number of piperidine rings is 1. The van der Waals surface area contributed by atoms with E-state index in [0.717, 1.165) is 31.7 Å². The Morgan fingerprint density at radius 3 is 2.46 bits per heavy atom. The maximum absolute atomic E-state index is 12.3. The molecule has 1 aliphatic rings. The average Bonchev–Trinajstić information content (AvgIpc) is 2.58. The lowest BCUT2D eigenvalue weighted by Crippen LogP contribution is -2.43. The molecule has 1 aromatic heterocycles. The summed E-state index contributed by atoms with van der Waals surface area (Å²) in [6, 6.07) is 3.73. The third-order valence-electron chi connectivity index (χ3n) is 4.05. The summed E-state index contributed by atoms with van der Waals surface area (Å²) in [5.41, 5.74) is 5.77. The number of ether oxygens (including phenoxy) is 1. The SMILES string of the molecule is CC(C)(C)OC(=O)NCCNC(=O)C1CCN(c2ccc(N)cn2)CC1. The fraction of sp³-hybridized carbons (Fsp3) is 0.611. The van der Waals surface area contributed by atoms with Crippen LogP contribution in [0.3, 0.4) is 0 Å². The van der Waals surface area contributed by atoms with Gasteiger partial charge in [0.2, 0.25) is 5.91 Å². The van der Waals surface area contributed by atoms with Gasteiger partial charge in [-0.25, -0.2) is 9.78 Å². The molecule has 8 heteroatoms. The van der Waals surface area contributed by atoms with Crippen LogP contribution in [0.25, 0.3) is 0 Å². The number of rotatable bonds is 5. The molecule has 2 heterocycles. The Kier molecular flexibility index (Phi) is 6.65. The number of nitrogens with zero attached hydrogens (tertiary/aromatic N) is 2. The van der Waals surface area contributed by atoms with Gasteiger partial charge >= 0.3 is 6.09 Å². The van der Waals surface area contributed by atoms with Gasteiger partial charge in [0, 0.05) is 32.1 Å². The average molecular weight is 363 g/mol.